The summed E-state index contributed by atoms with van der Waals surface area (Å²) >= 11 is 0. The Morgan fingerprint density at radius 3 is 3.00 bits per heavy atom. The second-order valence-electron chi connectivity index (χ2n) is 4.41. The summed E-state index contributed by atoms with van der Waals surface area (Å²) in [7, 11) is 0. The van der Waals surface area contributed by atoms with Crippen molar-refractivity contribution in [2.24, 2.45) is 0 Å². The van der Waals surface area contributed by atoms with Gasteiger partial charge in [0.25, 0.3) is 0 Å². The number of ether oxygens (including phenoxy) is 2. The van der Waals surface area contributed by atoms with Crippen molar-refractivity contribution in [1.29, 1.82) is 0 Å². The van der Waals surface area contributed by atoms with Gasteiger partial charge in [-0.25, -0.2) is 9.18 Å². The Balaban J connectivity index is 1.89. The Morgan fingerprint density at radius 1 is 1.56 bits per heavy atom. The summed E-state index contributed by atoms with van der Waals surface area (Å²) in [6, 6.07) is 4.62. The fourth-order valence-corrected chi connectivity index (χ4v) is 1.91. The molecule has 1 saturated heterocycles. The topological polar surface area (TPSA) is 55.8 Å². The number of aryl methyl sites for hydroxylation is 1. The number of carboxylic acid groups (broad SMARTS) is 1. The molecule has 0 amide bonds. The molecular weight excluding hydrogens is 239 g/mol. The lowest BCUT2D eigenvalue weighted by atomic mass is 10.2. The number of carboxylic acids is 1. The molecule has 1 heterocycles. The third-order valence-corrected chi connectivity index (χ3v) is 2.89. The fourth-order valence-electron chi connectivity index (χ4n) is 1.91. The molecule has 1 N–H and O–H groups in total. The van der Waals surface area contributed by atoms with Gasteiger partial charge >= 0.3 is 5.97 Å². The van der Waals surface area contributed by atoms with Crippen LogP contribution in [0.4, 0.5) is 4.39 Å². The van der Waals surface area contributed by atoms with E-state index in [1.165, 1.54) is 6.07 Å². The SMILES string of the molecule is Cc1ccc(F)c(OCC2CCC(C(=O)O)O2)c1. The van der Waals surface area contributed by atoms with Crippen molar-refractivity contribution in [3.8, 4) is 5.75 Å². The van der Waals surface area contributed by atoms with Crippen molar-refractivity contribution in [3.63, 3.8) is 0 Å². The average Bonchev–Trinajstić information content (AvgIpc) is 2.79. The molecule has 1 aromatic rings. The molecule has 0 aromatic heterocycles. The van der Waals surface area contributed by atoms with Crippen molar-refractivity contribution in [3.05, 3.63) is 29.6 Å². The lowest BCUT2D eigenvalue weighted by Crippen LogP contribution is -2.23. The minimum absolute atomic E-state index is 0.171. The van der Waals surface area contributed by atoms with Gasteiger partial charge < -0.3 is 14.6 Å². The molecule has 1 aliphatic heterocycles. The summed E-state index contributed by atoms with van der Waals surface area (Å²) in [5, 5.41) is 8.77. The van der Waals surface area contributed by atoms with Crippen molar-refractivity contribution in [1.82, 2.24) is 0 Å². The molecule has 1 aliphatic rings. The van der Waals surface area contributed by atoms with Crippen LogP contribution in [0.15, 0.2) is 18.2 Å². The first-order chi connectivity index (χ1) is 8.56. The van der Waals surface area contributed by atoms with E-state index in [-0.39, 0.29) is 18.5 Å². The number of hydrogen-bond donors (Lipinski definition) is 1. The first-order valence-corrected chi connectivity index (χ1v) is 5.83. The maximum Gasteiger partial charge on any atom is 0.332 e. The molecule has 0 saturated carbocycles. The molecule has 0 spiro atoms. The van der Waals surface area contributed by atoms with Crippen LogP contribution in [0.3, 0.4) is 0 Å². The highest BCUT2D eigenvalue weighted by Crippen LogP contribution is 2.23. The van der Waals surface area contributed by atoms with Crippen molar-refractivity contribution in [2.75, 3.05) is 6.61 Å². The largest absolute Gasteiger partial charge is 0.488 e. The summed E-state index contributed by atoms with van der Waals surface area (Å²) in [4.78, 5) is 10.7. The van der Waals surface area contributed by atoms with Gasteiger partial charge in [0, 0.05) is 0 Å². The summed E-state index contributed by atoms with van der Waals surface area (Å²) in [6.07, 6.45) is 0.0383. The van der Waals surface area contributed by atoms with Crippen LogP contribution in [0.2, 0.25) is 0 Å². The van der Waals surface area contributed by atoms with Crippen LogP contribution in [-0.4, -0.2) is 29.9 Å². The van der Waals surface area contributed by atoms with Gasteiger partial charge in [0.2, 0.25) is 0 Å². The zero-order valence-electron chi connectivity index (χ0n) is 10.1. The molecule has 18 heavy (non-hydrogen) atoms. The van der Waals surface area contributed by atoms with Crippen LogP contribution in [0.25, 0.3) is 0 Å². The van der Waals surface area contributed by atoms with Gasteiger partial charge in [-0.2, -0.15) is 0 Å². The van der Waals surface area contributed by atoms with Gasteiger partial charge in [0.05, 0.1) is 6.10 Å². The monoisotopic (exact) mass is 254 g/mol. The summed E-state index contributed by atoms with van der Waals surface area (Å²) < 4.78 is 24.0. The Hall–Kier alpha value is -1.62. The van der Waals surface area contributed by atoms with Crippen LogP contribution in [0, 0.1) is 12.7 Å². The average molecular weight is 254 g/mol. The predicted octanol–water partition coefficient (Wildman–Crippen LogP) is 2.15. The molecule has 2 atom stereocenters. The molecule has 2 unspecified atom stereocenters. The minimum Gasteiger partial charge on any atom is -0.488 e. The van der Waals surface area contributed by atoms with E-state index >= 15 is 0 Å². The number of aliphatic carboxylic acids is 1. The summed E-state index contributed by atoms with van der Waals surface area (Å²) in [5.74, 6) is -1.20. The summed E-state index contributed by atoms with van der Waals surface area (Å²) in [5.41, 5.74) is 0.905. The first-order valence-electron chi connectivity index (χ1n) is 5.83. The van der Waals surface area contributed by atoms with E-state index in [2.05, 4.69) is 0 Å². The molecule has 2 rings (SSSR count). The highest BCUT2D eigenvalue weighted by atomic mass is 19.1. The van der Waals surface area contributed by atoms with Crippen molar-refractivity contribution >= 4 is 5.97 Å². The van der Waals surface area contributed by atoms with E-state index in [9.17, 15) is 9.18 Å². The second kappa shape index (κ2) is 5.35. The number of halogens is 1. The van der Waals surface area contributed by atoms with E-state index < -0.39 is 17.9 Å². The Kier molecular flexibility index (Phi) is 3.81. The van der Waals surface area contributed by atoms with E-state index in [1.54, 1.807) is 12.1 Å². The van der Waals surface area contributed by atoms with Gasteiger partial charge in [-0.1, -0.05) is 6.07 Å². The normalized spacial score (nSPS) is 23.0. The lowest BCUT2D eigenvalue weighted by molar-refractivity contribution is -0.149. The maximum absolute atomic E-state index is 13.4. The second-order valence-corrected chi connectivity index (χ2v) is 4.41. The van der Waals surface area contributed by atoms with Gasteiger partial charge in [-0.3, -0.25) is 0 Å². The molecule has 0 aliphatic carbocycles. The third kappa shape index (κ3) is 2.98. The zero-order valence-corrected chi connectivity index (χ0v) is 10.1. The highest BCUT2D eigenvalue weighted by Gasteiger charge is 2.30. The number of benzene rings is 1. The number of rotatable bonds is 4. The van der Waals surface area contributed by atoms with Gasteiger partial charge in [-0.15, -0.1) is 0 Å². The molecule has 4 nitrogen and oxygen atoms in total. The number of carbonyl (C=O) groups is 1. The van der Waals surface area contributed by atoms with Crippen LogP contribution < -0.4 is 4.74 Å². The minimum atomic E-state index is -0.959. The van der Waals surface area contributed by atoms with Crippen molar-refractivity contribution < 1.29 is 23.8 Å². The van der Waals surface area contributed by atoms with E-state index in [4.69, 9.17) is 14.6 Å². The van der Waals surface area contributed by atoms with Crippen LogP contribution in [0.1, 0.15) is 18.4 Å². The quantitative estimate of drug-likeness (QED) is 0.894. The molecule has 1 fully saturated rings. The van der Waals surface area contributed by atoms with Gasteiger partial charge in [0.1, 0.15) is 6.61 Å². The summed E-state index contributed by atoms with van der Waals surface area (Å²) in [6.45, 7) is 2.02. The van der Waals surface area contributed by atoms with Crippen molar-refractivity contribution in [2.45, 2.75) is 32.0 Å². The molecule has 0 radical (unpaired) electrons. The molecule has 0 bridgehead atoms. The standard InChI is InChI=1S/C13H15FO4/c1-8-2-4-10(14)12(6-8)17-7-9-3-5-11(18-9)13(15)16/h2,4,6,9,11H,3,5,7H2,1H3,(H,15,16). The predicted molar refractivity (Wildman–Crippen MR) is 62.2 cm³/mol. The molecule has 98 valence electrons. The smallest absolute Gasteiger partial charge is 0.332 e. The van der Waals surface area contributed by atoms with E-state index in [0.29, 0.717) is 12.8 Å². The Labute approximate surface area is 104 Å². The molecular formula is C13H15FO4. The van der Waals surface area contributed by atoms with Crippen LogP contribution in [-0.2, 0) is 9.53 Å². The van der Waals surface area contributed by atoms with E-state index in [1.807, 2.05) is 6.92 Å². The highest BCUT2D eigenvalue weighted by molar-refractivity contribution is 5.72. The Bertz CT molecular complexity index is 447. The number of hydrogen-bond acceptors (Lipinski definition) is 3. The maximum atomic E-state index is 13.4. The van der Waals surface area contributed by atoms with Crippen LogP contribution >= 0.6 is 0 Å². The first kappa shape index (κ1) is 12.8. The lowest BCUT2D eigenvalue weighted by Gasteiger charge is -2.13. The third-order valence-electron chi connectivity index (χ3n) is 2.89. The Morgan fingerprint density at radius 2 is 2.33 bits per heavy atom. The van der Waals surface area contributed by atoms with Gasteiger partial charge in [0.15, 0.2) is 17.7 Å². The fraction of sp³-hybridized carbons (Fsp3) is 0.462. The van der Waals surface area contributed by atoms with Gasteiger partial charge in [-0.05, 0) is 37.5 Å². The molecule has 5 heteroatoms. The van der Waals surface area contributed by atoms with E-state index in [0.717, 1.165) is 5.56 Å². The molecule has 1 aromatic carbocycles. The van der Waals surface area contributed by atoms with Crippen LogP contribution in [0.5, 0.6) is 5.75 Å². The zero-order chi connectivity index (χ0) is 13.1.